The normalized spacial score (nSPS) is 13.7. The number of hydrogen-bond acceptors (Lipinski definition) is 1. The van der Waals surface area contributed by atoms with Crippen LogP contribution in [-0.4, -0.2) is 7.11 Å². The van der Waals surface area contributed by atoms with Gasteiger partial charge in [0.15, 0.2) is 0 Å². The third-order valence-corrected chi connectivity index (χ3v) is 2.23. The Morgan fingerprint density at radius 3 is 2.60 bits per heavy atom. The van der Waals surface area contributed by atoms with E-state index in [9.17, 15) is 0 Å². The lowest BCUT2D eigenvalue weighted by molar-refractivity contribution is 0.413. The third-order valence-electron chi connectivity index (χ3n) is 2.23. The van der Waals surface area contributed by atoms with E-state index in [4.69, 9.17) is 4.74 Å². The molecule has 0 saturated carbocycles. The minimum Gasteiger partial charge on any atom is -0.495 e. The van der Waals surface area contributed by atoms with Crippen molar-refractivity contribution >= 4 is 0 Å². The van der Waals surface area contributed by atoms with Crippen LogP contribution in [-0.2, 0) is 0 Å². The van der Waals surface area contributed by atoms with Crippen LogP contribution in [0.1, 0.15) is 5.56 Å². The molecule has 0 aliphatic heterocycles. The molecule has 1 aliphatic rings. The summed E-state index contributed by atoms with van der Waals surface area (Å²) in [4.78, 5) is 0. The molecule has 0 atom stereocenters. The van der Waals surface area contributed by atoms with Gasteiger partial charge >= 0.3 is 0 Å². The van der Waals surface area contributed by atoms with Gasteiger partial charge in [-0.2, -0.15) is 0 Å². The molecule has 0 spiro atoms. The zero-order valence-corrected chi connectivity index (χ0v) is 8.60. The Kier molecular flexibility index (Phi) is 2.90. The number of allylic oxidation sites excluding steroid dienone is 4. The molecule has 74 valence electrons. The molecule has 15 heavy (non-hydrogen) atoms. The number of para-hydroxylation sites is 1. The van der Waals surface area contributed by atoms with Crippen molar-refractivity contribution in [2.24, 2.45) is 5.92 Å². The molecule has 0 heterocycles. The Morgan fingerprint density at radius 2 is 1.87 bits per heavy atom. The number of benzene rings is 1. The van der Waals surface area contributed by atoms with Gasteiger partial charge in [0.2, 0.25) is 0 Å². The molecular weight excluding hydrogens is 184 g/mol. The topological polar surface area (TPSA) is 9.23 Å². The van der Waals surface area contributed by atoms with E-state index >= 15 is 0 Å². The number of ether oxygens (including phenoxy) is 1. The Morgan fingerprint density at radius 1 is 1.13 bits per heavy atom. The summed E-state index contributed by atoms with van der Waals surface area (Å²) in [5.41, 5.74) is 0.939. The van der Waals surface area contributed by atoms with Gasteiger partial charge < -0.3 is 4.74 Å². The van der Waals surface area contributed by atoms with E-state index in [1.807, 2.05) is 36.4 Å². The average molecular weight is 196 g/mol. The standard InChI is InChI=1S/C14H12O/c1-15-14-9-5-4-8-13(14)11-10-12-6-2-3-7-12/h2-9,12H,1H3. The Balaban J connectivity index is 2.22. The first-order chi connectivity index (χ1) is 7.40. The average Bonchev–Trinajstić information content (AvgIpc) is 2.79. The van der Waals surface area contributed by atoms with Gasteiger partial charge in [-0.15, -0.1) is 0 Å². The molecular formula is C14H12O. The fourth-order valence-electron chi connectivity index (χ4n) is 1.44. The van der Waals surface area contributed by atoms with Crippen molar-refractivity contribution in [2.75, 3.05) is 7.11 Å². The summed E-state index contributed by atoms with van der Waals surface area (Å²) in [5.74, 6) is 7.37. The summed E-state index contributed by atoms with van der Waals surface area (Å²) in [6, 6.07) is 7.80. The van der Waals surface area contributed by atoms with Gasteiger partial charge in [-0.3, -0.25) is 0 Å². The minimum absolute atomic E-state index is 0.245. The maximum absolute atomic E-state index is 5.22. The highest BCUT2D eigenvalue weighted by Crippen LogP contribution is 2.16. The van der Waals surface area contributed by atoms with E-state index in [0.29, 0.717) is 0 Å². The molecule has 0 amide bonds. The van der Waals surface area contributed by atoms with Gasteiger partial charge in [0.05, 0.1) is 18.6 Å². The monoisotopic (exact) mass is 196 g/mol. The Bertz CT molecular complexity index is 446. The van der Waals surface area contributed by atoms with Gasteiger partial charge in [-0.25, -0.2) is 0 Å². The molecule has 1 heteroatoms. The molecule has 1 aromatic rings. The lowest BCUT2D eigenvalue weighted by Gasteiger charge is -2.01. The van der Waals surface area contributed by atoms with Crippen LogP contribution in [0, 0.1) is 17.8 Å². The van der Waals surface area contributed by atoms with E-state index in [-0.39, 0.29) is 5.92 Å². The predicted molar refractivity (Wildman–Crippen MR) is 61.6 cm³/mol. The fourth-order valence-corrected chi connectivity index (χ4v) is 1.44. The van der Waals surface area contributed by atoms with Crippen molar-refractivity contribution in [3.63, 3.8) is 0 Å². The fraction of sp³-hybridized carbons (Fsp3) is 0.143. The molecule has 0 N–H and O–H groups in total. The number of rotatable bonds is 1. The zero-order valence-electron chi connectivity index (χ0n) is 8.60. The first-order valence-corrected chi connectivity index (χ1v) is 4.90. The Labute approximate surface area is 90.1 Å². The molecule has 0 bridgehead atoms. The van der Waals surface area contributed by atoms with Crippen LogP contribution in [0.5, 0.6) is 5.75 Å². The quantitative estimate of drug-likeness (QED) is 0.627. The second-order valence-corrected chi connectivity index (χ2v) is 3.27. The summed E-state index contributed by atoms with van der Waals surface area (Å²) < 4.78 is 5.22. The van der Waals surface area contributed by atoms with Crippen molar-refractivity contribution in [3.05, 3.63) is 54.1 Å². The van der Waals surface area contributed by atoms with Gasteiger partial charge in [-0.1, -0.05) is 48.3 Å². The van der Waals surface area contributed by atoms with Crippen LogP contribution < -0.4 is 4.74 Å². The number of hydrogen-bond donors (Lipinski definition) is 0. The second-order valence-electron chi connectivity index (χ2n) is 3.27. The van der Waals surface area contributed by atoms with Crippen LogP contribution >= 0.6 is 0 Å². The van der Waals surface area contributed by atoms with Gasteiger partial charge in [0.1, 0.15) is 5.75 Å². The van der Waals surface area contributed by atoms with E-state index in [1.54, 1.807) is 7.11 Å². The van der Waals surface area contributed by atoms with E-state index in [2.05, 4.69) is 24.0 Å². The first-order valence-electron chi connectivity index (χ1n) is 4.90. The summed E-state index contributed by atoms with van der Waals surface area (Å²) in [6.45, 7) is 0. The highest BCUT2D eigenvalue weighted by molar-refractivity contribution is 5.47. The van der Waals surface area contributed by atoms with E-state index < -0.39 is 0 Å². The number of methoxy groups -OCH3 is 1. The zero-order chi connectivity index (χ0) is 10.5. The maximum Gasteiger partial charge on any atom is 0.134 e. The third kappa shape index (κ3) is 2.30. The molecule has 0 unspecified atom stereocenters. The highest BCUT2D eigenvalue weighted by Gasteiger charge is 1.99. The van der Waals surface area contributed by atoms with Crippen molar-refractivity contribution in [2.45, 2.75) is 0 Å². The predicted octanol–water partition coefficient (Wildman–Crippen LogP) is 2.79. The summed E-state index contributed by atoms with van der Waals surface area (Å²) in [6.07, 6.45) is 8.17. The molecule has 0 saturated heterocycles. The molecule has 0 fully saturated rings. The molecule has 2 rings (SSSR count). The van der Waals surface area contributed by atoms with Crippen molar-refractivity contribution in [1.82, 2.24) is 0 Å². The van der Waals surface area contributed by atoms with Crippen LogP contribution in [0.25, 0.3) is 0 Å². The lowest BCUT2D eigenvalue weighted by atomic mass is 10.1. The maximum atomic E-state index is 5.22. The van der Waals surface area contributed by atoms with E-state index in [0.717, 1.165) is 11.3 Å². The van der Waals surface area contributed by atoms with Crippen LogP contribution in [0.4, 0.5) is 0 Å². The largest absolute Gasteiger partial charge is 0.495 e. The van der Waals surface area contributed by atoms with Gasteiger partial charge in [0.25, 0.3) is 0 Å². The second kappa shape index (κ2) is 4.52. The Hall–Kier alpha value is -1.94. The molecule has 0 aromatic heterocycles. The van der Waals surface area contributed by atoms with Gasteiger partial charge in [0, 0.05) is 0 Å². The highest BCUT2D eigenvalue weighted by atomic mass is 16.5. The van der Waals surface area contributed by atoms with Crippen LogP contribution in [0.3, 0.4) is 0 Å². The first kappa shape index (κ1) is 9.61. The summed E-state index contributed by atoms with van der Waals surface area (Å²) in [7, 11) is 1.66. The SMILES string of the molecule is COc1ccccc1C#CC1C=CC=C1. The summed E-state index contributed by atoms with van der Waals surface area (Å²) in [5, 5.41) is 0. The molecule has 1 aromatic carbocycles. The summed E-state index contributed by atoms with van der Waals surface area (Å²) >= 11 is 0. The lowest BCUT2D eigenvalue weighted by Crippen LogP contribution is -1.88. The van der Waals surface area contributed by atoms with Crippen LogP contribution in [0.15, 0.2) is 48.6 Å². The van der Waals surface area contributed by atoms with Crippen molar-refractivity contribution in [3.8, 4) is 17.6 Å². The van der Waals surface area contributed by atoms with Crippen LogP contribution in [0.2, 0.25) is 0 Å². The van der Waals surface area contributed by atoms with Crippen molar-refractivity contribution < 1.29 is 4.74 Å². The molecule has 0 radical (unpaired) electrons. The minimum atomic E-state index is 0.245. The van der Waals surface area contributed by atoms with E-state index in [1.165, 1.54) is 0 Å². The molecule has 1 aliphatic carbocycles. The molecule has 1 nitrogen and oxygen atoms in total. The van der Waals surface area contributed by atoms with Crippen molar-refractivity contribution in [1.29, 1.82) is 0 Å². The smallest absolute Gasteiger partial charge is 0.134 e. The van der Waals surface area contributed by atoms with Gasteiger partial charge in [-0.05, 0) is 12.1 Å².